The van der Waals surface area contributed by atoms with Gasteiger partial charge in [0.25, 0.3) is 0 Å². The molecule has 3 aromatic carbocycles. The van der Waals surface area contributed by atoms with E-state index >= 15 is 0 Å². The van der Waals surface area contributed by atoms with Crippen molar-refractivity contribution in [2.24, 2.45) is 0 Å². The third kappa shape index (κ3) is 4.39. The van der Waals surface area contributed by atoms with E-state index in [1.54, 1.807) is 0 Å². The molecule has 3 aromatic rings. The maximum absolute atomic E-state index is 2.55. The first-order chi connectivity index (χ1) is 16.9. The van der Waals surface area contributed by atoms with Crippen molar-refractivity contribution in [3.63, 3.8) is 0 Å². The summed E-state index contributed by atoms with van der Waals surface area (Å²) in [5, 5.41) is 0. The largest absolute Gasteiger partial charge is 0.358 e. The van der Waals surface area contributed by atoms with Crippen molar-refractivity contribution in [3.8, 4) is 0 Å². The molecule has 2 aliphatic heterocycles. The van der Waals surface area contributed by atoms with Crippen LogP contribution in [0.4, 0.5) is 11.4 Å². The SMILES string of the molecule is CC1=CC(C)(C)N(Cc2ccc(CN3c4cc(C)ccc4C(C)=CC3(C)C)cc2)c2cc(C)ccc21. The van der Waals surface area contributed by atoms with Crippen LogP contribution in [0.15, 0.2) is 72.8 Å². The van der Waals surface area contributed by atoms with Crippen molar-refractivity contribution in [2.45, 2.75) is 79.6 Å². The van der Waals surface area contributed by atoms with Crippen LogP contribution >= 0.6 is 0 Å². The zero-order chi connectivity index (χ0) is 25.8. The van der Waals surface area contributed by atoms with Gasteiger partial charge in [0.2, 0.25) is 0 Å². The van der Waals surface area contributed by atoms with Crippen LogP contribution in [0.2, 0.25) is 0 Å². The first-order valence-corrected chi connectivity index (χ1v) is 13.2. The molecule has 0 saturated heterocycles. The lowest BCUT2D eigenvalue weighted by molar-refractivity contribution is 0.549. The quantitative estimate of drug-likeness (QED) is 0.371. The monoisotopic (exact) mass is 476 g/mol. The predicted octanol–water partition coefficient (Wildman–Crippen LogP) is 8.71. The average Bonchev–Trinajstić information content (AvgIpc) is 2.79. The molecule has 2 nitrogen and oxygen atoms in total. The Morgan fingerprint density at radius 3 is 1.25 bits per heavy atom. The van der Waals surface area contributed by atoms with Crippen molar-refractivity contribution in [2.75, 3.05) is 9.80 Å². The number of hydrogen-bond acceptors (Lipinski definition) is 2. The van der Waals surface area contributed by atoms with E-state index < -0.39 is 0 Å². The van der Waals surface area contributed by atoms with Gasteiger partial charge in [-0.1, -0.05) is 60.7 Å². The molecule has 0 saturated carbocycles. The minimum atomic E-state index is -0.0346. The van der Waals surface area contributed by atoms with Gasteiger partial charge in [0.05, 0.1) is 11.1 Å². The second-order valence-electron chi connectivity index (χ2n) is 12.0. The van der Waals surface area contributed by atoms with Gasteiger partial charge in [0.1, 0.15) is 0 Å². The van der Waals surface area contributed by atoms with Crippen LogP contribution in [0.5, 0.6) is 0 Å². The zero-order valence-electron chi connectivity index (χ0n) is 23.2. The van der Waals surface area contributed by atoms with E-state index in [4.69, 9.17) is 0 Å². The van der Waals surface area contributed by atoms with E-state index in [2.05, 4.69) is 138 Å². The van der Waals surface area contributed by atoms with Crippen molar-refractivity contribution >= 4 is 22.5 Å². The van der Waals surface area contributed by atoms with Crippen LogP contribution < -0.4 is 9.80 Å². The molecule has 0 aliphatic carbocycles. The number of aryl methyl sites for hydroxylation is 2. The third-order valence-corrected chi connectivity index (χ3v) is 7.97. The molecule has 2 heteroatoms. The summed E-state index contributed by atoms with van der Waals surface area (Å²) in [6.07, 6.45) is 4.82. The topological polar surface area (TPSA) is 6.48 Å². The Kier molecular flexibility index (Phi) is 5.90. The minimum Gasteiger partial charge on any atom is -0.358 e. The maximum atomic E-state index is 2.55. The summed E-state index contributed by atoms with van der Waals surface area (Å²) >= 11 is 0. The van der Waals surface area contributed by atoms with Crippen LogP contribution in [-0.4, -0.2) is 11.1 Å². The number of fused-ring (bicyclic) bond motifs is 2. The fourth-order valence-electron chi connectivity index (χ4n) is 6.08. The van der Waals surface area contributed by atoms with E-state index in [0.29, 0.717) is 0 Å². The molecule has 0 atom stereocenters. The van der Waals surface area contributed by atoms with Gasteiger partial charge in [-0.3, -0.25) is 0 Å². The maximum Gasteiger partial charge on any atom is 0.0538 e. The number of rotatable bonds is 4. The lowest BCUT2D eigenvalue weighted by Crippen LogP contribution is -2.44. The fraction of sp³-hybridized carbons (Fsp3) is 0.353. The lowest BCUT2D eigenvalue weighted by atomic mass is 9.87. The van der Waals surface area contributed by atoms with Gasteiger partial charge in [-0.15, -0.1) is 0 Å². The Morgan fingerprint density at radius 2 is 0.889 bits per heavy atom. The first-order valence-electron chi connectivity index (χ1n) is 13.2. The molecule has 0 fully saturated rings. The number of benzene rings is 3. The van der Waals surface area contributed by atoms with Crippen LogP contribution in [0.3, 0.4) is 0 Å². The van der Waals surface area contributed by atoms with Crippen LogP contribution in [0.25, 0.3) is 11.1 Å². The second kappa shape index (κ2) is 8.69. The average molecular weight is 477 g/mol. The summed E-state index contributed by atoms with van der Waals surface area (Å²) in [5.74, 6) is 0. The van der Waals surface area contributed by atoms with Gasteiger partial charge in [-0.2, -0.15) is 0 Å². The Hall–Kier alpha value is -3.26. The fourth-order valence-corrected chi connectivity index (χ4v) is 6.08. The molecular formula is C34H40N2. The van der Waals surface area contributed by atoms with E-state index in [9.17, 15) is 0 Å². The van der Waals surface area contributed by atoms with Gasteiger partial charge in [0, 0.05) is 35.6 Å². The number of anilines is 2. The zero-order valence-corrected chi connectivity index (χ0v) is 23.2. The van der Waals surface area contributed by atoms with Gasteiger partial charge in [-0.25, -0.2) is 0 Å². The van der Waals surface area contributed by atoms with Crippen LogP contribution in [0, 0.1) is 13.8 Å². The van der Waals surface area contributed by atoms with E-state index in [0.717, 1.165) is 13.1 Å². The van der Waals surface area contributed by atoms with Gasteiger partial charge >= 0.3 is 0 Å². The van der Waals surface area contributed by atoms with Crippen molar-refractivity contribution < 1.29 is 0 Å². The minimum absolute atomic E-state index is 0.0346. The number of hydrogen-bond donors (Lipinski definition) is 0. The van der Waals surface area contributed by atoms with E-state index in [1.807, 2.05) is 0 Å². The molecule has 2 heterocycles. The summed E-state index contributed by atoms with van der Waals surface area (Å²) in [6, 6.07) is 23.0. The highest BCUT2D eigenvalue weighted by Gasteiger charge is 2.32. The standard InChI is InChI=1S/C34H40N2/c1-23-9-15-29-25(3)19-33(5,6)35(31(29)17-23)21-27-11-13-28(14-12-27)22-36-32-18-24(2)10-16-30(32)26(4)20-34(36,7)8/h9-20H,21-22H2,1-8H3. The van der Waals surface area contributed by atoms with E-state index in [-0.39, 0.29) is 11.1 Å². The molecule has 0 radical (unpaired) electrons. The summed E-state index contributed by atoms with van der Waals surface area (Å²) in [6.45, 7) is 19.9. The van der Waals surface area contributed by atoms with Crippen molar-refractivity contribution in [1.29, 1.82) is 0 Å². The summed E-state index contributed by atoms with van der Waals surface area (Å²) < 4.78 is 0. The molecule has 0 aromatic heterocycles. The Labute approximate surface area is 218 Å². The summed E-state index contributed by atoms with van der Waals surface area (Å²) in [5.41, 5.74) is 13.3. The van der Waals surface area contributed by atoms with Gasteiger partial charge in [-0.05, 0) is 101 Å². The molecule has 186 valence electrons. The summed E-state index contributed by atoms with van der Waals surface area (Å²) in [7, 11) is 0. The molecule has 2 aliphatic rings. The first kappa shape index (κ1) is 24.4. The number of allylic oxidation sites excluding steroid dienone is 2. The second-order valence-corrected chi connectivity index (χ2v) is 12.0. The van der Waals surface area contributed by atoms with Crippen molar-refractivity contribution in [1.82, 2.24) is 0 Å². The van der Waals surface area contributed by atoms with Crippen LogP contribution in [0.1, 0.15) is 74.9 Å². The van der Waals surface area contributed by atoms with E-state index in [1.165, 1.54) is 55.9 Å². The molecule has 0 bridgehead atoms. The molecule has 0 N–H and O–H groups in total. The van der Waals surface area contributed by atoms with Crippen molar-refractivity contribution in [3.05, 3.63) is 106 Å². The Bertz CT molecular complexity index is 1260. The normalized spacial score (nSPS) is 17.8. The molecule has 0 amide bonds. The molecule has 36 heavy (non-hydrogen) atoms. The Morgan fingerprint density at radius 1 is 0.528 bits per heavy atom. The Balaban J connectivity index is 1.41. The smallest absolute Gasteiger partial charge is 0.0538 e. The third-order valence-electron chi connectivity index (χ3n) is 7.97. The lowest BCUT2D eigenvalue weighted by Gasteiger charge is -2.44. The van der Waals surface area contributed by atoms with Gasteiger partial charge < -0.3 is 9.80 Å². The van der Waals surface area contributed by atoms with Gasteiger partial charge in [0.15, 0.2) is 0 Å². The van der Waals surface area contributed by atoms with Crippen LogP contribution in [-0.2, 0) is 13.1 Å². The highest BCUT2D eigenvalue weighted by atomic mass is 15.2. The molecule has 0 unspecified atom stereocenters. The summed E-state index contributed by atoms with van der Waals surface area (Å²) in [4.78, 5) is 5.11. The molecular weight excluding hydrogens is 436 g/mol. The number of nitrogens with zero attached hydrogens (tertiary/aromatic N) is 2. The highest BCUT2D eigenvalue weighted by Crippen LogP contribution is 2.42. The predicted molar refractivity (Wildman–Crippen MR) is 157 cm³/mol. The molecule has 5 rings (SSSR count). The molecule has 0 spiro atoms. The highest BCUT2D eigenvalue weighted by molar-refractivity contribution is 5.82.